The monoisotopic (exact) mass is 228 g/mol. The van der Waals surface area contributed by atoms with Crippen molar-refractivity contribution in [2.75, 3.05) is 6.61 Å². The maximum absolute atomic E-state index is 13.3. The number of esters is 1. The molecule has 0 bridgehead atoms. The Morgan fingerprint density at radius 1 is 1.50 bits per heavy atom. The number of carbonyl (C=O) groups excluding carboxylic acids is 1. The van der Waals surface area contributed by atoms with Crippen molar-refractivity contribution in [1.82, 2.24) is 0 Å². The van der Waals surface area contributed by atoms with Crippen LogP contribution in [0.3, 0.4) is 0 Å². The van der Waals surface area contributed by atoms with Gasteiger partial charge in [0.05, 0.1) is 0 Å². The number of carbonyl (C=O) groups is 1. The molecular formula is C11H10F2O3. The Bertz CT molecular complexity index is 400. The summed E-state index contributed by atoms with van der Waals surface area (Å²) in [5, 5.41) is 0. The van der Waals surface area contributed by atoms with Crippen LogP contribution in [-0.4, -0.2) is 18.7 Å². The van der Waals surface area contributed by atoms with Crippen LogP contribution in [0.1, 0.15) is 12.5 Å². The van der Waals surface area contributed by atoms with Crippen LogP contribution in [-0.2, 0) is 16.0 Å². The van der Waals surface area contributed by atoms with E-state index in [0.717, 1.165) is 12.1 Å². The molecule has 5 heteroatoms. The fourth-order valence-corrected chi connectivity index (χ4v) is 1.63. The fraction of sp³-hybridized carbons (Fsp3) is 0.364. The quantitative estimate of drug-likeness (QED) is 0.724. The number of fused-ring (bicyclic) bond motifs is 1. The van der Waals surface area contributed by atoms with Crippen molar-refractivity contribution in [3.05, 3.63) is 29.3 Å². The Hall–Kier alpha value is -1.65. The summed E-state index contributed by atoms with van der Waals surface area (Å²) in [6, 6.07) is 2.08. The van der Waals surface area contributed by atoms with Gasteiger partial charge in [-0.2, -0.15) is 0 Å². The van der Waals surface area contributed by atoms with E-state index >= 15 is 0 Å². The summed E-state index contributed by atoms with van der Waals surface area (Å²) in [6.07, 6.45) is -0.294. The molecule has 0 aromatic heterocycles. The van der Waals surface area contributed by atoms with Crippen molar-refractivity contribution in [2.45, 2.75) is 19.4 Å². The van der Waals surface area contributed by atoms with Crippen molar-refractivity contribution in [3.8, 4) is 5.75 Å². The summed E-state index contributed by atoms with van der Waals surface area (Å²) in [5.41, 5.74) is 0.206. The van der Waals surface area contributed by atoms with Gasteiger partial charge in [0.15, 0.2) is 11.6 Å². The average molecular weight is 228 g/mol. The third kappa shape index (κ3) is 1.98. The van der Waals surface area contributed by atoms with E-state index in [4.69, 9.17) is 9.47 Å². The van der Waals surface area contributed by atoms with Crippen LogP contribution < -0.4 is 4.74 Å². The highest BCUT2D eigenvalue weighted by molar-refractivity contribution is 5.65. The van der Waals surface area contributed by atoms with E-state index in [1.807, 2.05) is 0 Å². The van der Waals surface area contributed by atoms with Crippen LogP contribution in [0.15, 0.2) is 12.1 Å². The molecule has 16 heavy (non-hydrogen) atoms. The first-order chi connectivity index (χ1) is 7.58. The van der Waals surface area contributed by atoms with Crippen molar-refractivity contribution < 1.29 is 23.0 Å². The number of ether oxygens (including phenoxy) is 2. The van der Waals surface area contributed by atoms with Crippen LogP contribution in [0.4, 0.5) is 8.78 Å². The maximum atomic E-state index is 13.3. The van der Waals surface area contributed by atoms with E-state index in [1.165, 1.54) is 6.92 Å². The Kier molecular flexibility index (Phi) is 2.77. The van der Waals surface area contributed by atoms with Crippen LogP contribution >= 0.6 is 0 Å². The molecule has 2 rings (SSSR count). The van der Waals surface area contributed by atoms with Gasteiger partial charge in [0.25, 0.3) is 0 Å². The second kappa shape index (κ2) is 4.08. The highest BCUT2D eigenvalue weighted by Crippen LogP contribution is 2.33. The molecule has 1 unspecified atom stereocenters. The van der Waals surface area contributed by atoms with Gasteiger partial charge in [0.2, 0.25) is 0 Å². The van der Waals surface area contributed by atoms with Crippen molar-refractivity contribution in [3.63, 3.8) is 0 Å². The molecule has 1 aromatic rings. The van der Waals surface area contributed by atoms with Crippen LogP contribution in [0.5, 0.6) is 5.75 Å². The van der Waals surface area contributed by atoms with E-state index in [2.05, 4.69) is 0 Å². The van der Waals surface area contributed by atoms with Crippen LogP contribution in [0, 0.1) is 11.6 Å². The standard InChI is InChI=1S/C11H10F2O3/c1-6(14)15-5-7-4-8-9(12)2-3-10(13)11(8)16-7/h2-3,7H,4-5H2,1H3. The maximum Gasteiger partial charge on any atom is 0.302 e. The normalized spacial score (nSPS) is 17.8. The average Bonchev–Trinajstić information content (AvgIpc) is 2.66. The minimum Gasteiger partial charge on any atom is -0.483 e. The summed E-state index contributed by atoms with van der Waals surface area (Å²) < 4.78 is 36.4. The van der Waals surface area contributed by atoms with Crippen molar-refractivity contribution in [2.24, 2.45) is 0 Å². The summed E-state index contributed by atoms with van der Waals surface area (Å²) in [4.78, 5) is 10.6. The first-order valence-electron chi connectivity index (χ1n) is 4.85. The molecule has 0 fully saturated rings. The van der Waals surface area contributed by atoms with Crippen molar-refractivity contribution in [1.29, 1.82) is 0 Å². The van der Waals surface area contributed by atoms with E-state index in [1.54, 1.807) is 0 Å². The predicted molar refractivity (Wildman–Crippen MR) is 51.1 cm³/mol. The topological polar surface area (TPSA) is 35.5 Å². The molecule has 1 aromatic carbocycles. The molecule has 0 saturated heterocycles. The minimum absolute atomic E-state index is 0.00287. The zero-order valence-corrected chi connectivity index (χ0v) is 8.63. The number of hydrogen-bond donors (Lipinski definition) is 0. The Balaban J connectivity index is 2.11. The lowest BCUT2D eigenvalue weighted by Crippen LogP contribution is -2.22. The smallest absolute Gasteiger partial charge is 0.302 e. The van der Waals surface area contributed by atoms with E-state index < -0.39 is 23.7 Å². The van der Waals surface area contributed by atoms with Gasteiger partial charge in [-0.15, -0.1) is 0 Å². The van der Waals surface area contributed by atoms with Gasteiger partial charge in [-0.1, -0.05) is 0 Å². The van der Waals surface area contributed by atoms with Gasteiger partial charge in [-0.3, -0.25) is 4.79 Å². The summed E-state index contributed by atoms with van der Waals surface area (Å²) in [7, 11) is 0. The molecule has 0 saturated carbocycles. The largest absolute Gasteiger partial charge is 0.483 e. The van der Waals surface area contributed by atoms with E-state index in [9.17, 15) is 13.6 Å². The Labute approximate surface area is 91.0 Å². The first-order valence-corrected chi connectivity index (χ1v) is 4.85. The fourth-order valence-electron chi connectivity index (χ4n) is 1.63. The molecule has 0 amide bonds. The number of rotatable bonds is 2. The molecule has 3 nitrogen and oxygen atoms in total. The Morgan fingerprint density at radius 3 is 2.81 bits per heavy atom. The third-order valence-electron chi connectivity index (χ3n) is 2.34. The molecule has 1 atom stereocenters. The number of hydrogen-bond acceptors (Lipinski definition) is 3. The summed E-state index contributed by atoms with van der Waals surface area (Å²) in [5.74, 6) is -1.61. The van der Waals surface area contributed by atoms with Gasteiger partial charge in [-0.25, -0.2) is 8.78 Å². The number of halogens is 2. The third-order valence-corrected chi connectivity index (χ3v) is 2.34. The van der Waals surface area contributed by atoms with Gasteiger partial charge in [0.1, 0.15) is 18.5 Å². The van der Waals surface area contributed by atoms with E-state index in [0.29, 0.717) is 0 Å². The minimum atomic E-state index is -0.596. The SMILES string of the molecule is CC(=O)OCC1Cc2c(F)ccc(F)c2O1. The lowest BCUT2D eigenvalue weighted by atomic mass is 10.1. The lowest BCUT2D eigenvalue weighted by Gasteiger charge is -2.09. The lowest BCUT2D eigenvalue weighted by molar-refractivity contribution is -0.143. The second-order valence-electron chi connectivity index (χ2n) is 3.58. The van der Waals surface area contributed by atoms with Crippen LogP contribution in [0.2, 0.25) is 0 Å². The Morgan fingerprint density at radius 2 is 2.19 bits per heavy atom. The molecule has 0 N–H and O–H groups in total. The predicted octanol–water partition coefficient (Wildman–Crippen LogP) is 1.83. The van der Waals surface area contributed by atoms with Gasteiger partial charge in [-0.05, 0) is 12.1 Å². The highest BCUT2D eigenvalue weighted by atomic mass is 19.1. The van der Waals surface area contributed by atoms with Crippen LogP contribution in [0.25, 0.3) is 0 Å². The van der Waals surface area contributed by atoms with Gasteiger partial charge < -0.3 is 9.47 Å². The zero-order valence-electron chi connectivity index (χ0n) is 8.63. The summed E-state index contributed by atoms with van der Waals surface area (Å²) in [6.45, 7) is 1.27. The number of benzene rings is 1. The molecule has 1 aliphatic heterocycles. The molecule has 1 aliphatic rings. The van der Waals surface area contributed by atoms with Gasteiger partial charge >= 0.3 is 5.97 Å². The van der Waals surface area contributed by atoms with Crippen molar-refractivity contribution >= 4 is 5.97 Å². The summed E-state index contributed by atoms with van der Waals surface area (Å²) >= 11 is 0. The molecule has 0 aliphatic carbocycles. The highest BCUT2D eigenvalue weighted by Gasteiger charge is 2.29. The molecule has 86 valence electrons. The molecule has 1 heterocycles. The molecular weight excluding hydrogens is 218 g/mol. The van der Waals surface area contributed by atoms with Gasteiger partial charge in [0, 0.05) is 18.9 Å². The van der Waals surface area contributed by atoms with E-state index in [-0.39, 0.29) is 24.3 Å². The molecule has 0 spiro atoms. The zero-order chi connectivity index (χ0) is 11.7. The molecule has 0 radical (unpaired) electrons. The first kappa shape index (κ1) is 10.9. The second-order valence-corrected chi connectivity index (χ2v) is 3.58.